The zero-order valence-electron chi connectivity index (χ0n) is 17.4. The van der Waals surface area contributed by atoms with Gasteiger partial charge in [-0.1, -0.05) is 5.21 Å². The van der Waals surface area contributed by atoms with Crippen molar-refractivity contribution >= 4 is 11.6 Å². The van der Waals surface area contributed by atoms with Crippen molar-refractivity contribution in [2.24, 2.45) is 5.92 Å². The first-order valence-corrected chi connectivity index (χ1v) is 10.6. The lowest BCUT2D eigenvalue weighted by molar-refractivity contribution is 0.0653. The van der Waals surface area contributed by atoms with Crippen molar-refractivity contribution < 1.29 is 4.79 Å². The lowest BCUT2D eigenvalue weighted by Crippen LogP contribution is -2.41. The van der Waals surface area contributed by atoms with Crippen LogP contribution in [0.4, 0.5) is 5.69 Å². The molecule has 0 aromatic carbocycles. The molecule has 2 aromatic rings. The van der Waals surface area contributed by atoms with E-state index in [-0.39, 0.29) is 11.4 Å². The van der Waals surface area contributed by atoms with Crippen LogP contribution in [0.15, 0.2) is 24.5 Å². The number of carbonyl (C=O) groups excluding carboxylic acids is 1. The summed E-state index contributed by atoms with van der Waals surface area (Å²) in [6, 6.07) is 3.34. The van der Waals surface area contributed by atoms with Crippen LogP contribution < -0.4 is 5.73 Å². The van der Waals surface area contributed by atoms with Crippen LogP contribution in [-0.2, 0) is 13.1 Å². The molecule has 2 fully saturated rings. The van der Waals surface area contributed by atoms with Gasteiger partial charge in [-0.3, -0.25) is 19.4 Å². The maximum atomic E-state index is 12.8. The highest BCUT2D eigenvalue weighted by Gasteiger charge is 2.32. The van der Waals surface area contributed by atoms with Crippen molar-refractivity contribution in [3.63, 3.8) is 0 Å². The minimum atomic E-state index is -0.0439. The molecule has 8 nitrogen and oxygen atoms in total. The number of likely N-dealkylation sites (tertiary alicyclic amines) is 2. The number of hydrogen-bond acceptors (Lipinski definition) is 6. The Morgan fingerprint density at radius 1 is 1.31 bits per heavy atom. The molecular weight excluding hydrogens is 366 g/mol. The molecule has 2 N–H and O–H groups in total. The van der Waals surface area contributed by atoms with Crippen LogP contribution >= 0.6 is 0 Å². The van der Waals surface area contributed by atoms with Crippen LogP contribution in [0.5, 0.6) is 0 Å². The van der Waals surface area contributed by atoms with Gasteiger partial charge in [0.2, 0.25) is 0 Å². The number of pyridine rings is 1. The summed E-state index contributed by atoms with van der Waals surface area (Å²) in [7, 11) is 0. The third-order valence-electron chi connectivity index (χ3n) is 6.27. The highest BCUT2D eigenvalue weighted by atomic mass is 16.2. The first-order chi connectivity index (χ1) is 13.9. The first kappa shape index (κ1) is 19.8. The lowest BCUT2D eigenvalue weighted by atomic mass is 9.97. The number of anilines is 1. The van der Waals surface area contributed by atoms with Gasteiger partial charge in [-0.25, -0.2) is 0 Å². The fraction of sp³-hybridized carbons (Fsp3) is 0.619. The van der Waals surface area contributed by atoms with Crippen molar-refractivity contribution in [3.8, 4) is 0 Å². The van der Waals surface area contributed by atoms with E-state index in [4.69, 9.17) is 5.73 Å². The molecule has 2 saturated heterocycles. The predicted molar refractivity (Wildman–Crippen MR) is 111 cm³/mol. The zero-order valence-corrected chi connectivity index (χ0v) is 17.4. The molecule has 0 spiro atoms. The molecule has 29 heavy (non-hydrogen) atoms. The van der Waals surface area contributed by atoms with E-state index in [0.717, 1.165) is 44.7 Å². The van der Waals surface area contributed by atoms with Crippen LogP contribution in [0.1, 0.15) is 55.7 Å². The minimum Gasteiger partial charge on any atom is -0.399 e. The molecule has 0 bridgehead atoms. The minimum absolute atomic E-state index is 0.0439. The topological polar surface area (TPSA) is 93.2 Å². The maximum absolute atomic E-state index is 12.8. The quantitative estimate of drug-likeness (QED) is 0.831. The zero-order chi connectivity index (χ0) is 20.4. The van der Waals surface area contributed by atoms with E-state index in [1.807, 2.05) is 9.58 Å². The van der Waals surface area contributed by atoms with Crippen molar-refractivity contribution in [1.82, 2.24) is 29.8 Å². The van der Waals surface area contributed by atoms with E-state index in [0.29, 0.717) is 23.8 Å². The molecule has 4 rings (SSSR count). The van der Waals surface area contributed by atoms with E-state index in [2.05, 4.69) is 40.2 Å². The van der Waals surface area contributed by atoms with E-state index in [9.17, 15) is 4.79 Å². The van der Waals surface area contributed by atoms with Crippen molar-refractivity contribution in [3.05, 3.63) is 35.9 Å². The predicted octanol–water partition coefficient (Wildman–Crippen LogP) is 2.18. The highest BCUT2D eigenvalue weighted by Crippen LogP contribution is 2.29. The van der Waals surface area contributed by atoms with E-state index in [1.54, 1.807) is 18.3 Å². The molecule has 1 amide bonds. The van der Waals surface area contributed by atoms with Gasteiger partial charge >= 0.3 is 0 Å². The summed E-state index contributed by atoms with van der Waals surface area (Å²) >= 11 is 0. The summed E-state index contributed by atoms with van der Waals surface area (Å²) in [6.07, 6.45) is 8.20. The lowest BCUT2D eigenvalue weighted by Gasteiger charge is -2.32. The molecule has 2 aliphatic heterocycles. The third-order valence-corrected chi connectivity index (χ3v) is 6.27. The monoisotopic (exact) mass is 397 g/mol. The molecule has 2 aliphatic rings. The fourth-order valence-electron chi connectivity index (χ4n) is 4.54. The van der Waals surface area contributed by atoms with Gasteiger partial charge in [0.05, 0.1) is 5.69 Å². The second kappa shape index (κ2) is 8.10. The number of amides is 1. The Morgan fingerprint density at radius 3 is 2.93 bits per heavy atom. The van der Waals surface area contributed by atoms with Gasteiger partial charge in [-0.05, 0) is 64.1 Å². The summed E-state index contributed by atoms with van der Waals surface area (Å²) in [5.74, 6) is 0.323. The Labute approximate surface area is 172 Å². The van der Waals surface area contributed by atoms with Crippen LogP contribution in [0.25, 0.3) is 0 Å². The normalized spacial score (nSPS) is 22.1. The van der Waals surface area contributed by atoms with E-state index >= 15 is 0 Å². The van der Waals surface area contributed by atoms with E-state index < -0.39 is 0 Å². The Bertz CT molecular complexity index is 862. The molecule has 0 radical (unpaired) electrons. The Balaban J connectivity index is 1.35. The standard InChI is InChI=1S/C21H31N7O/c1-21(2)7-4-10-27(21)14-18-15-28(25-24-18)13-16-5-3-9-26(12-16)20(29)19-11-17(22)6-8-23-19/h6,8,11,15-16H,3-5,7,9-10,12-14H2,1-2H3,(H2,22,23). The molecular formula is C21H31N7O. The van der Waals surface area contributed by atoms with Crippen molar-refractivity contribution in [1.29, 1.82) is 0 Å². The van der Waals surface area contributed by atoms with Gasteiger partial charge in [0.15, 0.2) is 0 Å². The summed E-state index contributed by atoms with van der Waals surface area (Å²) in [4.78, 5) is 21.3. The van der Waals surface area contributed by atoms with Crippen molar-refractivity contribution in [2.75, 3.05) is 25.4 Å². The van der Waals surface area contributed by atoms with Gasteiger partial charge in [-0.15, -0.1) is 5.10 Å². The number of nitrogens with zero attached hydrogens (tertiary/aromatic N) is 6. The smallest absolute Gasteiger partial charge is 0.272 e. The maximum Gasteiger partial charge on any atom is 0.272 e. The van der Waals surface area contributed by atoms with E-state index in [1.165, 1.54) is 12.8 Å². The first-order valence-electron chi connectivity index (χ1n) is 10.6. The molecule has 0 aliphatic carbocycles. The number of rotatable bonds is 5. The number of carbonyl (C=O) groups is 1. The van der Waals surface area contributed by atoms with Gasteiger partial charge in [-0.2, -0.15) is 0 Å². The third kappa shape index (κ3) is 4.58. The average Bonchev–Trinajstić information content (AvgIpc) is 3.27. The molecule has 4 heterocycles. The molecule has 156 valence electrons. The largest absolute Gasteiger partial charge is 0.399 e. The van der Waals surface area contributed by atoms with Crippen LogP contribution in [0.2, 0.25) is 0 Å². The Kier molecular flexibility index (Phi) is 5.54. The molecule has 0 saturated carbocycles. The molecule has 2 aromatic heterocycles. The summed E-state index contributed by atoms with van der Waals surface area (Å²) in [5.41, 5.74) is 8.04. The molecule has 1 unspecified atom stereocenters. The second-order valence-corrected chi connectivity index (χ2v) is 9.00. The van der Waals surface area contributed by atoms with Crippen molar-refractivity contribution in [2.45, 2.75) is 58.2 Å². The Hall–Kier alpha value is -2.48. The molecule has 1 atom stereocenters. The SMILES string of the molecule is CC1(C)CCCN1Cc1cn(CC2CCCN(C(=O)c3cc(N)ccn3)C2)nn1. The summed E-state index contributed by atoms with van der Waals surface area (Å²) in [5, 5.41) is 8.74. The Morgan fingerprint density at radius 2 is 2.17 bits per heavy atom. The second-order valence-electron chi connectivity index (χ2n) is 9.00. The summed E-state index contributed by atoms with van der Waals surface area (Å²) in [6.45, 7) is 8.83. The van der Waals surface area contributed by atoms with Crippen LogP contribution in [-0.4, -0.2) is 60.9 Å². The number of nitrogen functional groups attached to an aromatic ring is 1. The number of nitrogens with two attached hydrogens (primary N) is 1. The van der Waals surface area contributed by atoms with Gasteiger partial charge < -0.3 is 10.6 Å². The average molecular weight is 398 g/mol. The molecule has 8 heteroatoms. The fourth-order valence-corrected chi connectivity index (χ4v) is 4.54. The number of piperidine rings is 1. The van der Waals surface area contributed by atoms with Crippen LogP contribution in [0.3, 0.4) is 0 Å². The van der Waals surface area contributed by atoms with Gasteiger partial charge in [0.25, 0.3) is 5.91 Å². The van der Waals surface area contributed by atoms with Crippen LogP contribution in [0, 0.1) is 5.92 Å². The number of aromatic nitrogens is 4. The number of hydrogen-bond donors (Lipinski definition) is 1. The highest BCUT2D eigenvalue weighted by molar-refractivity contribution is 5.93. The summed E-state index contributed by atoms with van der Waals surface area (Å²) < 4.78 is 1.94. The van der Waals surface area contributed by atoms with Gasteiger partial charge in [0.1, 0.15) is 5.69 Å². The van der Waals surface area contributed by atoms with Gasteiger partial charge in [0, 0.05) is 49.8 Å².